The van der Waals surface area contributed by atoms with Crippen molar-refractivity contribution >= 4 is 23.2 Å². The van der Waals surface area contributed by atoms with E-state index < -0.39 is 6.04 Å². The Hall–Kier alpha value is -1.06. The monoisotopic (exact) mass is 226 g/mol. The van der Waals surface area contributed by atoms with E-state index in [0.717, 1.165) is 0 Å². The lowest BCUT2D eigenvalue weighted by molar-refractivity contribution is -0.118. The van der Waals surface area contributed by atoms with Gasteiger partial charge >= 0.3 is 0 Å². The summed E-state index contributed by atoms with van der Waals surface area (Å²) in [6.45, 7) is 3.80. The van der Waals surface area contributed by atoms with Gasteiger partial charge in [-0.3, -0.25) is 4.79 Å². The lowest BCUT2D eigenvalue weighted by atomic mass is 10.1. The predicted octanol–water partition coefficient (Wildman–Crippen LogP) is 2.26. The minimum Gasteiger partial charge on any atom is -0.323 e. The first-order valence-corrected chi connectivity index (χ1v) is 5.21. The molecule has 1 aromatic carbocycles. The maximum Gasteiger partial charge on any atom is 0.241 e. The number of nitrogens with two attached hydrogens (primary N) is 1. The van der Waals surface area contributed by atoms with Crippen LogP contribution in [0, 0.1) is 5.92 Å². The van der Waals surface area contributed by atoms with E-state index in [1.165, 1.54) is 0 Å². The summed E-state index contributed by atoms with van der Waals surface area (Å²) >= 11 is 5.90. The van der Waals surface area contributed by atoms with Crippen molar-refractivity contribution in [1.29, 1.82) is 0 Å². The molecule has 1 aromatic rings. The van der Waals surface area contributed by atoms with E-state index in [-0.39, 0.29) is 11.8 Å². The summed E-state index contributed by atoms with van der Waals surface area (Å²) in [5, 5.41) is 3.21. The van der Waals surface area contributed by atoms with Crippen molar-refractivity contribution in [2.45, 2.75) is 19.9 Å². The van der Waals surface area contributed by atoms with Gasteiger partial charge in [0.25, 0.3) is 0 Å². The van der Waals surface area contributed by atoms with Gasteiger partial charge in [-0.15, -0.1) is 0 Å². The molecule has 0 bridgehead atoms. The molecule has 0 aliphatic heterocycles. The molecule has 0 heterocycles. The van der Waals surface area contributed by atoms with Gasteiger partial charge in [-0.1, -0.05) is 37.6 Å². The highest BCUT2D eigenvalue weighted by molar-refractivity contribution is 6.33. The van der Waals surface area contributed by atoms with Crippen LogP contribution < -0.4 is 11.1 Å². The summed E-state index contributed by atoms with van der Waals surface area (Å²) in [6.07, 6.45) is 0. The van der Waals surface area contributed by atoms with Crippen molar-refractivity contribution in [3.63, 3.8) is 0 Å². The molecule has 0 spiro atoms. The van der Waals surface area contributed by atoms with Crippen LogP contribution in [0.5, 0.6) is 0 Å². The van der Waals surface area contributed by atoms with Crippen molar-refractivity contribution in [2.24, 2.45) is 11.7 Å². The zero-order valence-electron chi connectivity index (χ0n) is 8.83. The summed E-state index contributed by atoms with van der Waals surface area (Å²) in [4.78, 5) is 11.6. The molecular weight excluding hydrogens is 212 g/mol. The van der Waals surface area contributed by atoms with E-state index >= 15 is 0 Å². The summed E-state index contributed by atoms with van der Waals surface area (Å²) in [5.41, 5.74) is 6.30. The first-order chi connectivity index (χ1) is 7.02. The van der Waals surface area contributed by atoms with E-state index in [0.29, 0.717) is 10.7 Å². The SMILES string of the molecule is CC(C)[C@H](N)C(=O)Nc1ccccc1Cl. The van der Waals surface area contributed by atoms with Crippen molar-refractivity contribution in [3.05, 3.63) is 29.3 Å². The second kappa shape index (κ2) is 5.14. The standard InChI is InChI=1S/C11H15ClN2O/c1-7(2)10(13)11(15)14-9-6-4-3-5-8(9)12/h3-7,10H,13H2,1-2H3,(H,14,15)/t10-/m0/s1. The Bertz CT molecular complexity index is 352. The van der Waals surface area contributed by atoms with Gasteiger partial charge in [-0.05, 0) is 18.1 Å². The van der Waals surface area contributed by atoms with Crippen LogP contribution in [-0.4, -0.2) is 11.9 Å². The number of carbonyl (C=O) groups excluding carboxylic acids is 1. The molecule has 1 rings (SSSR count). The summed E-state index contributed by atoms with van der Waals surface area (Å²) < 4.78 is 0. The third kappa shape index (κ3) is 3.22. The zero-order chi connectivity index (χ0) is 11.4. The number of hydrogen-bond donors (Lipinski definition) is 2. The minimum absolute atomic E-state index is 0.104. The van der Waals surface area contributed by atoms with E-state index in [2.05, 4.69) is 5.32 Å². The van der Waals surface area contributed by atoms with Crippen LogP contribution in [0.1, 0.15) is 13.8 Å². The van der Waals surface area contributed by atoms with Crippen LogP contribution in [-0.2, 0) is 4.79 Å². The molecule has 0 fully saturated rings. The fourth-order valence-corrected chi connectivity index (χ4v) is 1.26. The molecule has 0 unspecified atom stereocenters. The molecule has 0 radical (unpaired) electrons. The van der Waals surface area contributed by atoms with Gasteiger partial charge in [0.15, 0.2) is 0 Å². The number of amides is 1. The third-order valence-electron chi connectivity index (χ3n) is 2.15. The van der Waals surface area contributed by atoms with E-state index in [1.807, 2.05) is 19.9 Å². The zero-order valence-corrected chi connectivity index (χ0v) is 9.58. The number of carbonyl (C=O) groups is 1. The molecule has 0 saturated heterocycles. The summed E-state index contributed by atoms with van der Waals surface area (Å²) in [7, 11) is 0. The first kappa shape index (κ1) is 12.0. The highest BCUT2D eigenvalue weighted by Gasteiger charge is 2.17. The fraction of sp³-hybridized carbons (Fsp3) is 0.364. The second-order valence-corrected chi connectivity index (χ2v) is 4.15. The van der Waals surface area contributed by atoms with Crippen molar-refractivity contribution in [3.8, 4) is 0 Å². The van der Waals surface area contributed by atoms with Crippen molar-refractivity contribution < 1.29 is 4.79 Å². The van der Waals surface area contributed by atoms with Gasteiger partial charge in [0.1, 0.15) is 0 Å². The largest absolute Gasteiger partial charge is 0.323 e. The molecule has 15 heavy (non-hydrogen) atoms. The number of rotatable bonds is 3. The Morgan fingerprint density at radius 1 is 1.40 bits per heavy atom. The molecule has 4 heteroatoms. The molecule has 0 aliphatic rings. The van der Waals surface area contributed by atoms with Crippen LogP contribution in [0.15, 0.2) is 24.3 Å². The molecular formula is C11H15ClN2O. The summed E-state index contributed by atoms with van der Waals surface area (Å²) in [5.74, 6) is -0.106. The van der Waals surface area contributed by atoms with Gasteiger partial charge in [-0.25, -0.2) is 0 Å². The number of anilines is 1. The molecule has 1 amide bonds. The Morgan fingerprint density at radius 3 is 2.53 bits per heavy atom. The van der Waals surface area contributed by atoms with Crippen LogP contribution in [0.3, 0.4) is 0 Å². The smallest absolute Gasteiger partial charge is 0.241 e. The molecule has 0 saturated carbocycles. The Morgan fingerprint density at radius 2 is 2.00 bits per heavy atom. The van der Waals surface area contributed by atoms with Gasteiger partial charge in [-0.2, -0.15) is 0 Å². The lowest BCUT2D eigenvalue weighted by Crippen LogP contribution is -2.39. The predicted molar refractivity (Wildman–Crippen MR) is 62.9 cm³/mol. The fourth-order valence-electron chi connectivity index (χ4n) is 1.08. The van der Waals surface area contributed by atoms with Gasteiger partial charge in [0, 0.05) is 0 Å². The molecule has 0 aliphatic carbocycles. The second-order valence-electron chi connectivity index (χ2n) is 3.74. The van der Waals surface area contributed by atoms with Gasteiger partial charge < -0.3 is 11.1 Å². The van der Waals surface area contributed by atoms with Crippen molar-refractivity contribution in [2.75, 3.05) is 5.32 Å². The topological polar surface area (TPSA) is 55.1 Å². The third-order valence-corrected chi connectivity index (χ3v) is 2.48. The molecule has 82 valence electrons. The Labute approximate surface area is 94.6 Å². The Balaban J connectivity index is 2.71. The average molecular weight is 227 g/mol. The van der Waals surface area contributed by atoms with E-state index in [9.17, 15) is 4.79 Å². The number of hydrogen-bond acceptors (Lipinski definition) is 2. The Kier molecular flexibility index (Phi) is 4.12. The van der Waals surface area contributed by atoms with Crippen LogP contribution >= 0.6 is 11.6 Å². The first-order valence-electron chi connectivity index (χ1n) is 4.83. The van der Waals surface area contributed by atoms with Crippen LogP contribution in [0.2, 0.25) is 5.02 Å². The maximum atomic E-state index is 11.6. The van der Waals surface area contributed by atoms with Gasteiger partial charge in [0.05, 0.1) is 16.8 Å². The number of benzene rings is 1. The number of nitrogens with one attached hydrogen (secondary N) is 1. The van der Waals surface area contributed by atoms with Crippen molar-refractivity contribution in [1.82, 2.24) is 0 Å². The normalized spacial score (nSPS) is 12.6. The van der Waals surface area contributed by atoms with E-state index in [4.69, 9.17) is 17.3 Å². The molecule has 1 atom stereocenters. The van der Waals surface area contributed by atoms with Crippen LogP contribution in [0.25, 0.3) is 0 Å². The van der Waals surface area contributed by atoms with E-state index in [1.54, 1.807) is 18.2 Å². The van der Waals surface area contributed by atoms with Crippen LogP contribution in [0.4, 0.5) is 5.69 Å². The number of halogens is 1. The molecule has 3 nitrogen and oxygen atoms in total. The molecule has 3 N–H and O–H groups in total. The highest BCUT2D eigenvalue weighted by atomic mass is 35.5. The molecule has 0 aromatic heterocycles. The van der Waals surface area contributed by atoms with Gasteiger partial charge in [0.2, 0.25) is 5.91 Å². The maximum absolute atomic E-state index is 11.6. The quantitative estimate of drug-likeness (QED) is 0.831. The summed E-state index contributed by atoms with van der Waals surface area (Å²) in [6, 6.07) is 6.56. The minimum atomic E-state index is -0.513. The average Bonchev–Trinajstić information content (AvgIpc) is 2.20. The lowest BCUT2D eigenvalue weighted by Gasteiger charge is -2.15. The highest BCUT2D eigenvalue weighted by Crippen LogP contribution is 2.20. The number of para-hydroxylation sites is 1.